The second kappa shape index (κ2) is 8.83. The molecule has 10 heteroatoms. The molecule has 0 radical (unpaired) electrons. The maximum atomic E-state index is 12.3. The van der Waals surface area contributed by atoms with E-state index in [0.717, 1.165) is 36.2 Å². The highest BCUT2D eigenvalue weighted by Gasteiger charge is 2.45. The number of nitrogens with zero attached hydrogens (tertiary/aromatic N) is 6. The summed E-state index contributed by atoms with van der Waals surface area (Å²) in [6, 6.07) is 8.90. The smallest absolute Gasteiger partial charge is 0.410 e. The van der Waals surface area contributed by atoms with Crippen molar-refractivity contribution in [3.63, 3.8) is 0 Å². The minimum Gasteiger partial charge on any atom is -0.444 e. The first-order chi connectivity index (χ1) is 16.7. The first-order valence-electron chi connectivity index (χ1n) is 12.0. The van der Waals surface area contributed by atoms with Gasteiger partial charge in [0.15, 0.2) is 5.82 Å². The topological polar surface area (TPSA) is 124 Å². The SMILES string of the molecule is CC(C)(C)OC(=O)N1CCN(c2nc(C3(c4ccc(-c5cnc(N)nc5)cc4)CCC3)no2)CC1. The molecule has 3 aromatic rings. The Kier molecular flexibility index (Phi) is 5.82. The maximum absolute atomic E-state index is 12.3. The fourth-order valence-corrected chi connectivity index (χ4v) is 4.59. The molecular formula is C25H31N7O3. The zero-order chi connectivity index (χ0) is 24.6. The molecule has 0 spiro atoms. The molecule has 3 heterocycles. The van der Waals surface area contributed by atoms with Crippen LogP contribution in [0.4, 0.5) is 16.8 Å². The molecule has 1 aliphatic heterocycles. The predicted molar refractivity (Wildman–Crippen MR) is 131 cm³/mol. The third-order valence-electron chi connectivity index (χ3n) is 6.69. The molecule has 10 nitrogen and oxygen atoms in total. The zero-order valence-corrected chi connectivity index (χ0v) is 20.4. The van der Waals surface area contributed by atoms with Gasteiger partial charge in [-0.2, -0.15) is 4.98 Å². The van der Waals surface area contributed by atoms with Crippen molar-refractivity contribution in [2.24, 2.45) is 0 Å². The van der Waals surface area contributed by atoms with Crippen molar-refractivity contribution in [3.8, 4) is 11.1 Å². The van der Waals surface area contributed by atoms with Crippen LogP contribution in [0.15, 0.2) is 41.2 Å². The molecule has 1 amide bonds. The summed E-state index contributed by atoms with van der Waals surface area (Å²) in [5, 5.41) is 4.39. The molecule has 2 aromatic heterocycles. The van der Waals surface area contributed by atoms with Gasteiger partial charge in [0.25, 0.3) is 0 Å². The number of ether oxygens (including phenoxy) is 1. The summed E-state index contributed by atoms with van der Waals surface area (Å²) in [4.78, 5) is 29.1. The summed E-state index contributed by atoms with van der Waals surface area (Å²) in [6.45, 7) is 7.95. The van der Waals surface area contributed by atoms with Gasteiger partial charge < -0.3 is 24.8 Å². The molecule has 5 rings (SSSR count). The number of aromatic nitrogens is 4. The summed E-state index contributed by atoms with van der Waals surface area (Å²) in [7, 11) is 0. The lowest BCUT2D eigenvalue weighted by atomic mass is 9.64. The van der Waals surface area contributed by atoms with Crippen molar-refractivity contribution >= 4 is 18.1 Å². The van der Waals surface area contributed by atoms with Gasteiger partial charge in [0.1, 0.15) is 5.60 Å². The number of benzene rings is 1. The maximum Gasteiger partial charge on any atom is 0.410 e. The highest BCUT2D eigenvalue weighted by Crippen LogP contribution is 2.48. The van der Waals surface area contributed by atoms with Crippen LogP contribution in [0.5, 0.6) is 0 Å². The quantitative estimate of drug-likeness (QED) is 0.600. The van der Waals surface area contributed by atoms with Gasteiger partial charge in [-0.15, -0.1) is 0 Å². The number of nitrogens with two attached hydrogens (primary N) is 1. The second-order valence-electron chi connectivity index (χ2n) is 10.2. The van der Waals surface area contributed by atoms with Crippen molar-refractivity contribution < 1.29 is 14.1 Å². The molecule has 184 valence electrons. The van der Waals surface area contributed by atoms with E-state index in [2.05, 4.69) is 39.4 Å². The first-order valence-corrected chi connectivity index (χ1v) is 12.0. The van der Waals surface area contributed by atoms with Crippen LogP contribution in [0.2, 0.25) is 0 Å². The summed E-state index contributed by atoms with van der Waals surface area (Å²) >= 11 is 0. The number of rotatable bonds is 4. The zero-order valence-electron chi connectivity index (χ0n) is 20.4. The molecule has 1 saturated heterocycles. The number of hydrogen-bond donors (Lipinski definition) is 1. The highest BCUT2D eigenvalue weighted by molar-refractivity contribution is 5.68. The van der Waals surface area contributed by atoms with Crippen LogP contribution in [0.25, 0.3) is 11.1 Å². The standard InChI is InChI=1S/C25H31N7O3/c1-24(2,3)34-23(33)32-13-11-31(12-14-32)22-29-20(30-35-22)25(9-4-10-25)19-7-5-17(6-8-19)18-15-27-21(26)28-16-18/h5-8,15-16H,4,9-14H2,1-3H3,(H2,26,27,28). The molecule has 2 aliphatic rings. The Hall–Kier alpha value is -3.69. The number of carbonyl (C=O) groups is 1. The second-order valence-corrected chi connectivity index (χ2v) is 10.2. The lowest BCUT2D eigenvalue weighted by Gasteiger charge is -2.39. The third-order valence-corrected chi connectivity index (χ3v) is 6.69. The van der Waals surface area contributed by atoms with Gasteiger partial charge in [0, 0.05) is 44.1 Å². The van der Waals surface area contributed by atoms with Gasteiger partial charge in [0.2, 0.25) is 5.95 Å². The van der Waals surface area contributed by atoms with E-state index in [-0.39, 0.29) is 17.5 Å². The Balaban J connectivity index is 1.28. The fourth-order valence-electron chi connectivity index (χ4n) is 4.59. The van der Waals surface area contributed by atoms with Crippen LogP contribution in [0, 0.1) is 0 Å². The van der Waals surface area contributed by atoms with Gasteiger partial charge in [0.05, 0.1) is 5.41 Å². The van der Waals surface area contributed by atoms with Gasteiger partial charge >= 0.3 is 12.1 Å². The van der Waals surface area contributed by atoms with E-state index in [1.807, 2.05) is 25.7 Å². The molecule has 1 aliphatic carbocycles. The van der Waals surface area contributed by atoms with Gasteiger partial charge in [-0.25, -0.2) is 14.8 Å². The van der Waals surface area contributed by atoms with Crippen molar-refractivity contribution in [2.45, 2.75) is 51.0 Å². The minimum absolute atomic E-state index is 0.240. The van der Waals surface area contributed by atoms with E-state index in [1.165, 1.54) is 5.56 Å². The van der Waals surface area contributed by atoms with Crippen molar-refractivity contribution in [1.82, 2.24) is 25.0 Å². The Labute approximate surface area is 204 Å². The number of nitrogen functional groups attached to an aromatic ring is 1. The Morgan fingerprint density at radius 3 is 2.26 bits per heavy atom. The van der Waals surface area contributed by atoms with Crippen LogP contribution >= 0.6 is 0 Å². The normalized spacial score (nSPS) is 17.7. The number of hydrogen-bond acceptors (Lipinski definition) is 9. The fraction of sp³-hybridized carbons (Fsp3) is 0.480. The van der Waals surface area contributed by atoms with Crippen LogP contribution in [-0.4, -0.2) is 62.9 Å². The molecular weight excluding hydrogens is 446 g/mol. The van der Waals surface area contributed by atoms with E-state index < -0.39 is 5.60 Å². The van der Waals surface area contributed by atoms with E-state index in [1.54, 1.807) is 17.3 Å². The van der Waals surface area contributed by atoms with Crippen LogP contribution in [-0.2, 0) is 10.2 Å². The Morgan fingerprint density at radius 1 is 1.03 bits per heavy atom. The molecule has 2 fully saturated rings. The van der Waals surface area contributed by atoms with Crippen molar-refractivity contribution in [1.29, 1.82) is 0 Å². The number of carbonyl (C=O) groups excluding carboxylic acids is 1. The summed E-state index contributed by atoms with van der Waals surface area (Å²) in [5.74, 6) is 0.981. The predicted octanol–water partition coefficient (Wildman–Crippen LogP) is 3.64. The van der Waals surface area contributed by atoms with E-state index >= 15 is 0 Å². The Bertz CT molecular complexity index is 1170. The highest BCUT2D eigenvalue weighted by atomic mass is 16.6. The van der Waals surface area contributed by atoms with Gasteiger partial charge in [-0.1, -0.05) is 35.8 Å². The van der Waals surface area contributed by atoms with Gasteiger partial charge in [-0.3, -0.25) is 0 Å². The number of anilines is 2. The minimum atomic E-state index is -0.506. The van der Waals surface area contributed by atoms with Crippen molar-refractivity contribution in [3.05, 3.63) is 48.0 Å². The van der Waals surface area contributed by atoms with E-state index in [9.17, 15) is 4.79 Å². The lowest BCUT2D eigenvalue weighted by Crippen LogP contribution is -2.50. The lowest BCUT2D eigenvalue weighted by molar-refractivity contribution is 0.0238. The average molecular weight is 478 g/mol. The van der Waals surface area contributed by atoms with E-state index in [0.29, 0.717) is 32.2 Å². The molecule has 0 unspecified atom stereocenters. The third kappa shape index (κ3) is 4.65. The summed E-state index contributed by atoms with van der Waals surface area (Å²) in [6.07, 6.45) is 6.23. The van der Waals surface area contributed by atoms with Crippen LogP contribution in [0.3, 0.4) is 0 Å². The monoisotopic (exact) mass is 477 g/mol. The molecule has 0 atom stereocenters. The largest absolute Gasteiger partial charge is 0.444 e. The van der Waals surface area contributed by atoms with Crippen LogP contribution in [0.1, 0.15) is 51.4 Å². The van der Waals surface area contributed by atoms with Gasteiger partial charge in [-0.05, 0) is 44.7 Å². The Morgan fingerprint density at radius 2 is 1.69 bits per heavy atom. The average Bonchev–Trinajstić information content (AvgIpc) is 3.29. The number of piperazine rings is 1. The molecule has 0 bridgehead atoms. The molecule has 1 saturated carbocycles. The van der Waals surface area contributed by atoms with Crippen molar-refractivity contribution in [2.75, 3.05) is 36.8 Å². The van der Waals surface area contributed by atoms with E-state index in [4.69, 9.17) is 20.0 Å². The molecule has 2 N–H and O–H groups in total. The first kappa shape index (κ1) is 23.1. The molecule has 35 heavy (non-hydrogen) atoms. The summed E-state index contributed by atoms with van der Waals surface area (Å²) < 4.78 is 11.2. The molecule has 1 aromatic carbocycles. The van der Waals surface area contributed by atoms with Crippen LogP contribution < -0.4 is 10.6 Å². The summed E-state index contributed by atoms with van der Waals surface area (Å²) in [5.41, 5.74) is 7.97. The number of amides is 1.